The number of hydrogen-bond acceptors (Lipinski definition) is 3. The van der Waals surface area contributed by atoms with Crippen LogP contribution in [0.4, 0.5) is 4.79 Å². The normalized spacial score (nSPS) is 11.4. The smallest absolute Gasteiger partial charge is 0.321 e. The second-order valence-corrected chi connectivity index (χ2v) is 5.54. The summed E-state index contributed by atoms with van der Waals surface area (Å²) in [6.07, 6.45) is 0.751. The zero-order valence-corrected chi connectivity index (χ0v) is 14.5. The summed E-state index contributed by atoms with van der Waals surface area (Å²) >= 11 is 0. The van der Waals surface area contributed by atoms with Crippen molar-refractivity contribution in [2.24, 2.45) is 0 Å². The first-order valence-electron chi connectivity index (χ1n) is 8.18. The Bertz CT molecular complexity index is 704. The minimum atomic E-state index is -0.510. The van der Waals surface area contributed by atoms with Crippen LogP contribution in [0.2, 0.25) is 0 Å². The Balaban J connectivity index is 2.06. The first-order valence-corrected chi connectivity index (χ1v) is 8.18. The maximum atomic E-state index is 12.5. The Labute approximate surface area is 147 Å². The van der Waals surface area contributed by atoms with E-state index in [4.69, 9.17) is 4.74 Å². The molecule has 0 fully saturated rings. The molecule has 0 aliphatic carbocycles. The zero-order chi connectivity index (χ0) is 18.1. The Morgan fingerprint density at radius 3 is 2.44 bits per heavy atom. The van der Waals surface area contributed by atoms with Gasteiger partial charge in [-0.05, 0) is 11.6 Å². The van der Waals surface area contributed by atoms with E-state index in [1.54, 1.807) is 7.11 Å². The lowest BCUT2D eigenvalue weighted by Gasteiger charge is -2.16. The first kappa shape index (κ1) is 18.5. The number of nitrogens with two attached hydrogens (primary N) is 1. The SMILES string of the molecule is CNC(=O)NC(=O)[C@@H]([NH2+]CCc1ccccc1OC)c1ccccc1. The third-order valence-electron chi connectivity index (χ3n) is 3.91. The van der Waals surface area contributed by atoms with Crippen molar-refractivity contribution in [3.8, 4) is 5.75 Å². The fourth-order valence-electron chi connectivity index (χ4n) is 2.62. The highest BCUT2D eigenvalue weighted by molar-refractivity contribution is 5.96. The molecule has 0 radical (unpaired) electrons. The van der Waals surface area contributed by atoms with Crippen molar-refractivity contribution in [2.75, 3.05) is 20.7 Å². The van der Waals surface area contributed by atoms with Crippen molar-refractivity contribution < 1.29 is 19.6 Å². The van der Waals surface area contributed by atoms with Gasteiger partial charge in [0.1, 0.15) is 5.75 Å². The molecule has 0 unspecified atom stereocenters. The molecule has 4 N–H and O–H groups in total. The van der Waals surface area contributed by atoms with Crippen LogP contribution < -0.4 is 20.7 Å². The van der Waals surface area contributed by atoms with Crippen LogP contribution in [0.1, 0.15) is 17.2 Å². The maximum absolute atomic E-state index is 12.5. The second kappa shape index (κ2) is 9.44. The summed E-state index contributed by atoms with van der Waals surface area (Å²) in [5.74, 6) is 0.493. The number of imide groups is 1. The quantitative estimate of drug-likeness (QED) is 0.702. The molecule has 0 saturated heterocycles. The molecule has 2 rings (SSSR count). The van der Waals surface area contributed by atoms with E-state index in [-0.39, 0.29) is 5.91 Å². The summed E-state index contributed by atoms with van der Waals surface area (Å²) in [5.41, 5.74) is 1.93. The van der Waals surface area contributed by atoms with E-state index >= 15 is 0 Å². The molecule has 132 valence electrons. The van der Waals surface area contributed by atoms with Crippen molar-refractivity contribution in [2.45, 2.75) is 12.5 Å². The predicted octanol–water partition coefficient (Wildman–Crippen LogP) is 0.998. The molecule has 0 bridgehead atoms. The standard InChI is InChI=1S/C19H23N3O3/c1-20-19(24)22-18(23)17(15-9-4-3-5-10-15)21-13-12-14-8-6-7-11-16(14)25-2/h3-11,17,21H,12-13H2,1-2H3,(H2,20,22,23,24)/p+1/t17-/m0/s1. The van der Waals surface area contributed by atoms with Crippen LogP contribution in [0, 0.1) is 0 Å². The number of ether oxygens (including phenoxy) is 1. The van der Waals surface area contributed by atoms with Crippen LogP contribution in [0.5, 0.6) is 5.75 Å². The molecule has 2 aromatic carbocycles. The fraction of sp³-hybridized carbons (Fsp3) is 0.263. The van der Waals surface area contributed by atoms with E-state index in [0.717, 1.165) is 23.3 Å². The lowest BCUT2D eigenvalue weighted by Crippen LogP contribution is -2.88. The summed E-state index contributed by atoms with van der Waals surface area (Å²) in [6.45, 7) is 0.682. The maximum Gasteiger partial charge on any atom is 0.321 e. The topological polar surface area (TPSA) is 84.0 Å². The molecule has 0 saturated carbocycles. The summed E-state index contributed by atoms with van der Waals surface area (Å²) in [6, 6.07) is 16.2. The Morgan fingerprint density at radius 1 is 1.08 bits per heavy atom. The van der Waals surface area contributed by atoms with Gasteiger partial charge in [-0.1, -0.05) is 48.5 Å². The van der Waals surface area contributed by atoms with Gasteiger partial charge in [0.15, 0.2) is 6.04 Å². The van der Waals surface area contributed by atoms with Crippen LogP contribution in [-0.2, 0) is 11.2 Å². The predicted molar refractivity (Wildman–Crippen MR) is 95.3 cm³/mol. The molecular formula is C19H24N3O3+. The average molecular weight is 342 g/mol. The second-order valence-electron chi connectivity index (χ2n) is 5.54. The minimum Gasteiger partial charge on any atom is -0.496 e. The molecule has 0 aliphatic heterocycles. The van der Waals surface area contributed by atoms with Gasteiger partial charge in [0, 0.05) is 19.0 Å². The van der Waals surface area contributed by atoms with Crippen LogP contribution in [0.15, 0.2) is 54.6 Å². The molecular weight excluding hydrogens is 318 g/mol. The highest BCUT2D eigenvalue weighted by Crippen LogP contribution is 2.17. The summed E-state index contributed by atoms with van der Waals surface area (Å²) in [4.78, 5) is 23.9. The van der Waals surface area contributed by atoms with Gasteiger partial charge in [0.05, 0.1) is 13.7 Å². The van der Waals surface area contributed by atoms with Crippen LogP contribution in [-0.4, -0.2) is 32.6 Å². The van der Waals surface area contributed by atoms with Gasteiger partial charge >= 0.3 is 6.03 Å². The van der Waals surface area contributed by atoms with Crippen molar-refractivity contribution in [1.29, 1.82) is 0 Å². The molecule has 1 atom stereocenters. The lowest BCUT2D eigenvalue weighted by molar-refractivity contribution is -0.682. The Hall–Kier alpha value is -2.86. The Morgan fingerprint density at radius 2 is 1.76 bits per heavy atom. The highest BCUT2D eigenvalue weighted by atomic mass is 16.5. The molecule has 2 aromatic rings. The molecule has 0 heterocycles. The molecule has 6 nitrogen and oxygen atoms in total. The molecule has 0 spiro atoms. The number of rotatable bonds is 7. The first-order chi connectivity index (χ1) is 12.2. The number of para-hydroxylation sites is 1. The molecule has 0 aromatic heterocycles. The summed E-state index contributed by atoms with van der Waals surface area (Å²) in [5, 5.41) is 6.68. The highest BCUT2D eigenvalue weighted by Gasteiger charge is 2.25. The number of carbonyl (C=O) groups is 2. The largest absolute Gasteiger partial charge is 0.496 e. The molecule has 0 aliphatic rings. The number of amides is 3. The number of carbonyl (C=O) groups excluding carboxylic acids is 2. The van der Waals surface area contributed by atoms with Gasteiger partial charge < -0.3 is 15.4 Å². The number of methoxy groups -OCH3 is 1. The van der Waals surface area contributed by atoms with E-state index in [1.165, 1.54) is 7.05 Å². The Kier molecular flexibility index (Phi) is 6.98. The molecule has 25 heavy (non-hydrogen) atoms. The van der Waals surface area contributed by atoms with E-state index in [1.807, 2.05) is 59.9 Å². The van der Waals surface area contributed by atoms with Gasteiger partial charge in [-0.2, -0.15) is 0 Å². The summed E-state index contributed by atoms with van der Waals surface area (Å²) in [7, 11) is 3.12. The fourth-order valence-corrected chi connectivity index (χ4v) is 2.62. The molecule has 6 heteroatoms. The van der Waals surface area contributed by atoms with Crippen LogP contribution in [0.3, 0.4) is 0 Å². The number of nitrogens with one attached hydrogen (secondary N) is 2. The number of quaternary nitrogens is 1. The minimum absolute atomic E-state index is 0.342. The van der Waals surface area contributed by atoms with Crippen LogP contribution in [0.25, 0.3) is 0 Å². The van der Waals surface area contributed by atoms with Gasteiger partial charge in [0.2, 0.25) is 0 Å². The number of hydrogen-bond donors (Lipinski definition) is 3. The monoisotopic (exact) mass is 342 g/mol. The number of benzene rings is 2. The van der Waals surface area contributed by atoms with Crippen LogP contribution >= 0.6 is 0 Å². The van der Waals surface area contributed by atoms with Gasteiger partial charge in [0.25, 0.3) is 5.91 Å². The van der Waals surface area contributed by atoms with Crippen molar-refractivity contribution in [3.05, 3.63) is 65.7 Å². The third-order valence-corrected chi connectivity index (χ3v) is 3.91. The van der Waals surface area contributed by atoms with E-state index in [9.17, 15) is 9.59 Å². The average Bonchev–Trinajstić information content (AvgIpc) is 2.66. The van der Waals surface area contributed by atoms with E-state index in [0.29, 0.717) is 6.54 Å². The van der Waals surface area contributed by atoms with Gasteiger partial charge in [-0.3, -0.25) is 10.1 Å². The van der Waals surface area contributed by atoms with Gasteiger partial charge in [-0.25, -0.2) is 4.79 Å². The number of urea groups is 1. The zero-order valence-electron chi connectivity index (χ0n) is 14.5. The summed E-state index contributed by atoms with van der Waals surface area (Å²) < 4.78 is 5.36. The van der Waals surface area contributed by atoms with E-state index in [2.05, 4.69) is 10.6 Å². The molecule has 3 amide bonds. The third kappa shape index (κ3) is 5.32. The van der Waals surface area contributed by atoms with Crippen molar-refractivity contribution in [1.82, 2.24) is 10.6 Å². The van der Waals surface area contributed by atoms with Crippen molar-refractivity contribution in [3.63, 3.8) is 0 Å². The van der Waals surface area contributed by atoms with Crippen molar-refractivity contribution >= 4 is 11.9 Å². The lowest BCUT2D eigenvalue weighted by atomic mass is 10.1. The van der Waals surface area contributed by atoms with Gasteiger partial charge in [-0.15, -0.1) is 0 Å². The van der Waals surface area contributed by atoms with E-state index < -0.39 is 12.1 Å².